The van der Waals surface area contributed by atoms with Crippen LogP contribution in [-0.4, -0.2) is 58.1 Å². The van der Waals surface area contributed by atoms with Gasteiger partial charge in [-0.25, -0.2) is 8.42 Å². The summed E-state index contributed by atoms with van der Waals surface area (Å²) in [4.78, 5) is 12.9. The molecular formula is C23H30N2O6S. The van der Waals surface area contributed by atoms with E-state index < -0.39 is 10.0 Å². The molecule has 9 heteroatoms. The number of rotatable bonds is 8. The molecule has 1 amide bonds. The van der Waals surface area contributed by atoms with Crippen LogP contribution >= 0.6 is 0 Å². The predicted octanol–water partition coefficient (Wildman–Crippen LogP) is 2.99. The van der Waals surface area contributed by atoms with Crippen LogP contribution in [0.25, 0.3) is 0 Å². The van der Waals surface area contributed by atoms with Gasteiger partial charge in [-0.3, -0.25) is 4.79 Å². The number of ether oxygens (including phenoxy) is 3. The van der Waals surface area contributed by atoms with Gasteiger partial charge in [0.2, 0.25) is 10.0 Å². The van der Waals surface area contributed by atoms with Gasteiger partial charge in [-0.05, 0) is 56.7 Å². The minimum atomic E-state index is -3.83. The van der Waals surface area contributed by atoms with Crippen LogP contribution < -0.4 is 14.8 Å². The van der Waals surface area contributed by atoms with Crippen LogP contribution in [0.15, 0.2) is 47.4 Å². The molecule has 174 valence electrons. The van der Waals surface area contributed by atoms with E-state index in [0.717, 1.165) is 11.3 Å². The molecule has 0 bridgehead atoms. The lowest BCUT2D eigenvalue weighted by Crippen LogP contribution is -2.40. The minimum Gasteiger partial charge on any atom is -0.495 e. The highest BCUT2D eigenvalue weighted by Gasteiger charge is 2.30. The third-order valence-corrected chi connectivity index (χ3v) is 7.01. The Bertz CT molecular complexity index is 1050. The third kappa shape index (κ3) is 5.59. The fraction of sp³-hybridized carbons (Fsp3) is 0.435. The van der Waals surface area contributed by atoms with Gasteiger partial charge >= 0.3 is 0 Å². The standard InChI is InChI=1S/C23H30N2O6S/c1-16(2)31-20-7-5-6-18(14-20)17(3)24-23(26)19-8-9-21(29-4)22(15-19)32(27,28)25-10-12-30-13-11-25/h5-9,14-17H,10-13H2,1-4H3,(H,24,26). The van der Waals surface area contributed by atoms with E-state index in [2.05, 4.69) is 5.32 Å². The fourth-order valence-corrected chi connectivity index (χ4v) is 5.03. The van der Waals surface area contributed by atoms with Crippen molar-refractivity contribution in [2.45, 2.75) is 37.8 Å². The molecule has 32 heavy (non-hydrogen) atoms. The van der Waals surface area contributed by atoms with E-state index in [4.69, 9.17) is 14.2 Å². The summed E-state index contributed by atoms with van der Waals surface area (Å²) in [6, 6.07) is 11.6. The lowest BCUT2D eigenvalue weighted by Gasteiger charge is -2.26. The van der Waals surface area contributed by atoms with Crippen molar-refractivity contribution in [3.8, 4) is 11.5 Å². The molecule has 1 aliphatic heterocycles. The number of nitrogens with zero attached hydrogens (tertiary/aromatic N) is 1. The first-order valence-corrected chi connectivity index (χ1v) is 12.0. The SMILES string of the molecule is COc1ccc(C(=O)NC(C)c2cccc(OC(C)C)c2)cc1S(=O)(=O)N1CCOCC1. The van der Waals surface area contributed by atoms with Gasteiger partial charge < -0.3 is 19.5 Å². The Balaban J connectivity index is 1.82. The molecule has 1 unspecified atom stereocenters. The molecule has 1 aliphatic rings. The van der Waals surface area contributed by atoms with Crippen LogP contribution in [0.2, 0.25) is 0 Å². The molecule has 2 aromatic carbocycles. The Morgan fingerprint density at radius 3 is 2.47 bits per heavy atom. The molecule has 1 fully saturated rings. The zero-order chi connectivity index (χ0) is 23.3. The Kier molecular flexibility index (Phi) is 7.76. The van der Waals surface area contributed by atoms with Gasteiger partial charge in [0.25, 0.3) is 5.91 Å². The number of carbonyl (C=O) groups excluding carboxylic acids is 1. The molecule has 0 spiro atoms. The first kappa shape index (κ1) is 24.0. The van der Waals surface area contributed by atoms with Crippen molar-refractivity contribution in [1.29, 1.82) is 0 Å². The molecule has 1 atom stereocenters. The van der Waals surface area contributed by atoms with Gasteiger partial charge in [0.1, 0.15) is 16.4 Å². The highest BCUT2D eigenvalue weighted by molar-refractivity contribution is 7.89. The Hall–Kier alpha value is -2.62. The molecule has 2 aromatic rings. The van der Waals surface area contributed by atoms with Crippen molar-refractivity contribution in [2.75, 3.05) is 33.4 Å². The van der Waals surface area contributed by atoms with Gasteiger partial charge in [0, 0.05) is 18.7 Å². The number of morpholine rings is 1. The Morgan fingerprint density at radius 2 is 1.81 bits per heavy atom. The Labute approximate surface area is 189 Å². The highest BCUT2D eigenvalue weighted by Crippen LogP contribution is 2.29. The van der Waals surface area contributed by atoms with Crippen LogP contribution in [0.4, 0.5) is 0 Å². The number of amides is 1. The van der Waals surface area contributed by atoms with E-state index in [-0.39, 0.29) is 47.4 Å². The molecule has 0 radical (unpaired) electrons. The van der Waals surface area contributed by atoms with E-state index in [1.807, 2.05) is 45.0 Å². The minimum absolute atomic E-state index is 0.0328. The van der Waals surface area contributed by atoms with E-state index >= 15 is 0 Å². The highest BCUT2D eigenvalue weighted by atomic mass is 32.2. The lowest BCUT2D eigenvalue weighted by molar-refractivity contribution is 0.0729. The number of sulfonamides is 1. The zero-order valence-electron chi connectivity index (χ0n) is 18.8. The van der Waals surface area contributed by atoms with E-state index in [0.29, 0.717) is 13.2 Å². The van der Waals surface area contributed by atoms with Crippen molar-refractivity contribution >= 4 is 15.9 Å². The summed E-state index contributed by atoms with van der Waals surface area (Å²) in [5, 5.41) is 2.92. The zero-order valence-corrected chi connectivity index (χ0v) is 19.6. The number of hydrogen-bond donors (Lipinski definition) is 1. The predicted molar refractivity (Wildman–Crippen MR) is 121 cm³/mol. The van der Waals surface area contributed by atoms with Crippen molar-refractivity contribution in [2.24, 2.45) is 0 Å². The van der Waals surface area contributed by atoms with E-state index in [1.54, 1.807) is 6.07 Å². The maximum Gasteiger partial charge on any atom is 0.251 e. The monoisotopic (exact) mass is 462 g/mol. The van der Waals surface area contributed by atoms with E-state index in [1.165, 1.54) is 23.5 Å². The number of nitrogens with one attached hydrogen (secondary N) is 1. The van der Waals surface area contributed by atoms with Crippen LogP contribution in [0.3, 0.4) is 0 Å². The van der Waals surface area contributed by atoms with Gasteiger partial charge in [-0.2, -0.15) is 4.31 Å². The normalized spacial score (nSPS) is 15.9. The lowest BCUT2D eigenvalue weighted by atomic mass is 10.1. The topological polar surface area (TPSA) is 94.2 Å². The summed E-state index contributed by atoms with van der Waals surface area (Å²) < 4.78 is 43.9. The molecule has 3 rings (SSSR count). The average Bonchev–Trinajstić information content (AvgIpc) is 2.78. The molecule has 0 aromatic heterocycles. The van der Waals surface area contributed by atoms with Gasteiger partial charge in [0.15, 0.2) is 0 Å². The van der Waals surface area contributed by atoms with Crippen LogP contribution in [0.1, 0.15) is 42.7 Å². The summed E-state index contributed by atoms with van der Waals surface area (Å²) in [5.74, 6) is 0.537. The average molecular weight is 463 g/mol. The second-order valence-electron chi connectivity index (χ2n) is 7.82. The van der Waals surface area contributed by atoms with Gasteiger partial charge in [0.05, 0.1) is 32.5 Å². The first-order valence-electron chi connectivity index (χ1n) is 10.6. The fourth-order valence-electron chi connectivity index (χ4n) is 3.44. The molecule has 0 aliphatic carbocycles. The van der Waals surface area contributed by atoms with Crippen LogP contribution in [0.5, 0.6) is 11.5 Å². The molecule has 1 N–H and O–H groups in total. The molecule has 0 saturated carbocycles. The van der Waals surface area contributed by atoms with Crippen molar-refractivity contribution in [3.05, 3.63) is 53.6 Å². The smallest absolute Gasteiger partial charge is 0.251 e. The van der Waals surface area contributed by atoms with Crippen molar-refractivity contribution in [3.63, 3.8) is 0 Å². The quantitative estimate of drug-likeness (QED) is 0.648. The molecule has 1 saturated heterocycles. The van der Waals surface area contributed by atoms with Gasteiger partial charge in [-0.15, -0.1) is 0 Å². The molecule has 8 nitrogen and oxygen atoms in total. The number of hydrogen-bond acceptors (Lipinski definition) is 6. The summed E-state index contributed by atoms with van der Waals surface area (Å²) in [6.45, 7) is 6.94. The second kappa shape index (κ2) is 10.3. The maximum absolute atomic E-state index is 13.2. The summed E-state index contributed by atoms with van der Waals surface area (Å²) >= 11 is 0. The van der Waals surface area contributed by atoms with Crippen molar-refractivity contribution < 1.29 is 27.4 Å². The van der Waals surface area contributed by atoms with Crippen molar-refractivity contribution in [1.82, 2.24) is 9.62 Å². The number of carbonyl (C=O) groups is 1. The summed E-state index contributed by atoms with van der Waals surface area (Å²) in [7, 11) is -2.42. The van der Waals surface area contributed by atoms with Gasteiger partial charge in [-0.1, -0.05) is 12.1 Å². The second-order valence-corrected chi connectivity index (χ2v) is 9.72. The summed E-state index contributed by atoms with van der Waals surface area (Å²) in [5.41, 5.74) is 1.12. The largest absolute Gasteiger partial charge is 0.495 e. The molecular weight excluding hydrogens is 432 g/mol. The third-order valence-electron chi connectivity index (χ3n) is 5.09. The number of methoxy groups -OCH3 is 1. The first-order chi connectivity index (χ1) is 15.2. The maximum atomic E-state index is 13.2. The number of benzene rings is 2. The summed E-state index contributed by atoms with van der Waals surface area (Å²) in [6.07, 6.45) is 0.0429. The van der Waals surface area contributed by atoms with Crippen LogP contribution in [0, 0.1) is 0 Å². The van der Waals surface area contributed by atoms with E-state index in [9.17, 15) is 13.2 Å². The Morgan fingerprint density at radius 1 is 1.09 bits per heavy atom. The van der Waals surface area contributed by atoms with Crippen LogP contribution in [-0.2, 0) is 14.8 Å². The molecule has 1 heterocycles.